The molecule has 0 saturated carbocycles. The smallest absolute Gasteiger partial charge is 0.148 e. The molecule has 0 saturated heterocycles. The number of rotatable bonds is 2. The molecule has 0 atom stereocenters. The molecule has 0 aliphatic carbocycles. The molecule has 2 aromatic rings. The SMILES string of the molecule is COc1cc(OC)c2nc(Br)ccc2c1Cl. The number of methoxy groups -OCH3 is 2. The van der Waals surface area contributed by atoms with Gasteiger partial charge in [-0.2, -0.15) is 0 Å². The van der Waals surface area contributed by atoms with Crippen LogP contribution in [0.2, 0.25) is 5.02 Å². The minimum absolute atomic E-state index is 0.540. The van der Waals surface area contributed by atoms with Crippen molar-refractivity contribution in [3.8, 4) is 11.5 Å². The second-order valence-corrected chi connectivity index (χ2v) is 4.32. The van der Waals surface area contributed by atoms with E-state index in [1.54, 1.807) is 20.3 Å². The van der Waals surface area contributed by atoms with Gasteiger partial charge in [-0.1, -0.05) is 11.6 Å². The van der Waals surface area contributed by atoms with Crippen LogP contribution in [0.5, 0.6) is 11.5 Å². The molecule has 0 unspecified atom stereocenters. The highest BCUT2D eigenvalue weighted by Gasteiger charge is 2.12. The molecular formula is C11H9BrClNO2. The maximum Gasteiger partial charge on any atom is 0.148 e. The summed E-state index contributed by atoms with van der Waals surface area (Å²) in [6, 6.07) is 5.43. The van der Waals surface area contributed by atoms with E-state index >= 15 is 0 Å². The maximum absolute atomic E-state index is 6.19. The Morgan fingerprint density at radius 1 is 1.19 bits per heavy atom. The van der Waals surface area contributed by atoms with Crippen molar-refractivity contribution in [1.82, 2.24) is 4.98 Å². The van der Waals surface area contributed by atoms with Gasteiger partial charge in [0.05, 0.1) is 19.2 Å². The molecule has 0 fully saturated rings. The van der Waals surface area contributed by atoms with E-state index in [9.17, 15) is 0 Å². The molecule has 1 heterocycles. The fraction of sp³-hybridized carbons (Fsp3) is 0.182. The molecule has 0 amide bonds. The molecule has 16 heavy (non-hydrogen) atoms. The van der Waals surface area contributed by atoms with Gasteiger partial charge in [0.15, 0.2) is 0 Å². The molecule has 5 heteroatoms. The van der Waals surface area contributed by atoms with E-state index in [0.717, 1.165) is 9.99 Å². The second-order valence-electron chi connectivity index (χ2n) is 3.13. The fourth-order valence-corrected chi connectivity index (χ4v) is 2.08. The van der Waals surface area contributed by atoms with Crippen LogP contribution in [-0.4, -0.2) is 19.2 Å². The Morgan fingerprint density at radius 2 is 1.88 bits per heavy atom. The average Bonchev–Trinajstić information content (AvgIpc) is 2.29. The Kier molecular flexibility index (Phi) is 3.21. The van der Waals surface area contributed by atoms with E-state index in [1.807, 2.05) is 12.1 Å². The van der Waals surface area contributed by atoms with Gasteiger partial charge in [0, 0.05) is 11.5 Å². The first kappa shape index (κ1) is 11.5. The zero-order valence-electron chi connectivity index (χ0n) is 8.75. The van der Waals surface area contributed by atoms with Gasteiger partial charge in [-0.05, 0) is 28.1 Å². The third-order valence-corrected chi connectivity index (χ3v) is 3.08. The Labute approximate surface area is 106 Å². The van der Waals surface area contributed by atoms with Crippen LogP contribution in [0.15, 0.2) is 22.8 Å². The van der Waals surface area contributed by atoms with E-state index in [0.29, 0.717) is 22.0 Å². The first-order chi connectivity index (χ1) is 7.67. The van der Waals surface area contributed by atoms with E-state index in [2.05, 4.69) is 20.9 Å². The number of benzene rings is 1. The lowest BCUT2D eigenvalue weighted by Gasteiger charge is -2.10. The van der Waals surface area contributed by atoms with Crippen molar-refractivity contribution in [3.63, 3.8) is 0 Å². The van der Waals surface area contributed by atoms with Crippen molar-refractivity contribution in [3.05, 3.63) is 27.8 Å². The van der Waals surface area contributed by atoms with E-state index in [1.165, 1.54) is 0 Å². The van der Waals surface area contributed by atoms with Crippen LogP contribution in [0.3, 0.4) is 0 Å². The number of nitrogens with zero attached hydrogens (tertiary/aromatic N) is 1. The van der Waals surface area contributed by atoms with Crippen molar-refractivity contribution in [2.45, 2.75) is 0 Å². The molecule has 84 valence electrons. The molecule has 1 aromatic carbocycles. The summed E-state index contributed by atoms with van der Waals surface area (Å²) < 4.78 is 11.2. The van der Waals surface area contributed by atoms with Crippen molar-refractivity contribution in [2.24, 2.45) is 0 Å². The van der Waals surface area contributed by atoms with Crippen molar-refractivity contribution in [2.75, 3.05) is 14.2 Å². The largest absolute Gasteiger partial charge is 0.495 e. The molecule has 0 radical (unpaired) electrons. The number of hydrogen-bond donors (Lipinski definition) is 0. The van der Waals surface area contributed by atoms with Gasteiger partial charge in [0.25, 0.3) is 0 Å². The molecule has 0 spiro atoms. The average molecular weight is 303 g/mol. The molecule has 0 N–H and O–H groups in total. The highest BCUT2D eigenvalue weighted by atomic mass is 79.9. The number of fused-ring (bicyclic) bond motifs is 1. The third-order valence-electron chi connectivity index (χ3n) is 2.25. The number of aromatic nitrogens is 1. The first-order valence-corrected chi connectivity index (χ1v) is 5.71. The van der Waals surface area contributed by atoms with Gasteiger partial charge in [-0.25, -0.2) is 4.98 Å². The summed E-state index contributed by atoms with van der Waals surface area (Å²) >= 11 is 9.50. The lowest BCUT2D eigenvalue weighted by atomic mass is 10.2. The highest BCUT2D eigenvalue weighted by molar-refractivity contribution is 9.10. The summed E-state index contributed by atoms with van der Waals surface area (Å²) in [7, 11) is 3.16. The van der Waals surface area contributed by atoms with Crippen LogP contribution < -0.4 is 9.47 Å². The molecular weight excluding hydrogens is 293 g/mol. The summed E-state index contributed by atoms with van der Waals surface area (Å²) in [6.07, 6.45) is 0. The summed E-state index contributed by atoms with van der Waals surface area (Å²) in [5, 5.41) is 1.35. The van der Waals surface area contributed by atoms with Crippen LogP contribution in [0.25, 0.3) is 10.9 Å². The summed E-state index contributed by atoms with van der Waals surface area (Å²) in [5.41, 5.74) is 0.711. The molecule has 1 aromatic heterocycles. The molecule has 0 bridgehead atoms. The van der Waals surface area contributed by atoms with Crippen molar-refractivity contribution < 1.29 is 9.47 Å². The van der Waals surface area contributed by atoms with Crippen LogP contribution in [0.4, 0.5) is 0 Å². The van der Waals surface area contributed by atoms with E-state index in [-0.39, 0.29) is 0 Å². The van der Waals surface area contributed by atoms with Crippen LogP contribution >= 0.6 is 27.5 Å². The summed E-state index contributed by atoms with van der Waals surface area (Å²) in [6.45, 7) is 0. The van der Waals surface area contributed by atoms with Crippen LogP contribution in [0, 0.1) is 0 Å². The third kappa shape index (κ3) is 1.83. The van der Waals surface area contributed by atoms with Crippen LogP contribution in [0.1, 0.15) is 0 Å². The second kappa shape index (κ2) is 4.47. The monoisotopic (exact) mass is 301 g/mol. The van der Waals surface area contributed by atoms with E-state index in [4.69, 9.17) is 21.1 Å². The summed E-state index contributed by atoms with van der Waals surface area (Å²) in [5.74, 6) is 1.22. The number of hydrogen-bond acceptors (Lipinski definition) is 3. The fourth-order valence-electron chi connectivity index (χ4n) is 1.49. The minimum atomic E-state index is 0.540. The maximum atomic E-state index is 6.19. The van der Waals surface area contributed by atoms with Gasteiger partial charge in [-0.15, -0.1) is 0 Å². The molecule has 0 aliphatic rings. The Balaban J connectivity index is 2.85. The number of ether oxygens (including phenoxy) is 2. The lowest BCUT2D eigenvalue weighted by molar-refractivity contribution is 0.397. The normalized spacial score (nSPS) is 10.5. The number of pyridine rings is 1. The zero-order valence-corrected chi connectivity index (χ0v) is 11.1. The minimum Gasteiger partial charge on any atom is -0.495 e. The van der Waals surface area contributed by atoms with Gasteiger partial charge in [-0.3, -0.25) is 0 Å². The lowest BCUT2D eigenvalue weighted by Crippen LogP contribution is -1.92. The van der Waals surface area contributed by atoms with Crippen molar-refractivity contribution >= 4 is 38.4 Å². The van der Waals surface area contributed by atoms with Crippen molar-refractivity contribution in [1.29, 1.82) is 0 Å². The quantitative estimate of drug-likeness (QED) is 0.793. The predicted molar refractivity (Wildman–Crippen MR) is 67.6 cm³/mol. The molecule has 2 rings (SSSR count). The van der Waals surface area contributed by atoms with E-state index < -0.39 is 0 Å². The topological polar surface area (TPSA) is 31.4 Å². The standard InChI is InChI=1S/C11H9BrClNO2/c1-15-7-5-8(16-2)11-6(10(7)13)3-4-9(12)14-11/h3-5H,1-2H3. The highest BCUT2D eigenvalue weighted by Crippen LogP contribution is 2.38. The number of halogens is 2. The van der Waals surface area contributed by atoms with Gasteiger partial charge in [0.2, 0.25) is 0 Å². The summed E-state index contributed by atoms with van der Waals surface area (Å²) in [4.78, 5) is 4.33. The Morgan fingerprint density at radius 3 is 2.50 bits per heavy atom. The molecule has 0 aliphatic heterocycles. The molecule has 3 nitrogen and oxygen atoms in total. The Bertz CT molecular complexity index is 545. The van der Waals surface area contributed by atoms with Gasteiger partial charge >= 0.3 is 0 Å². The van der Waals surface area contributed by atoms with Gasteiger partial charge in [0.1, 0.15) is 21.6 Å². The first-order valence-electron chi connectivity index (χ1n) is 4.54. The van der Waals surface area contributed by atoms with Gasteiger partial charge < -0.3 is 9.47 Å². The Hall–Kier alpha value is -1.00. The van der Waals surface area contributed by atoms with Crippen LogP contribution in [-0.2, 0) is 0 Å². The predicted octanol–water partition coefficient (Wildman–Crippen LogP) is 3.67. The zero-order chi connectivity index (χ0) is 11.7.